The third-order valence-corrected chi connectivity index (χ3v) is 1.84. The Kier molecular flexibility index (Phi) is 2.84. The smallest absolute Gasteiger partial charge is 0.238 e. The lowest BCUT2D eigenvalue weighted by Crippen LogP contribution is -2.54. The molecule has 1 aliphatic heterocycles. The van der Waals surface area contributed by atoms with Gasteiger partial charge in [0.2, 0.25) is 5.91 Å². The molecule has 4 nitrogen and oxygen atoms in total. The van der Waals surface area contributed by atoms with E-state index >= 15 is 0 Å². The highest BCUT2D eigenvalue weighted by atomic mass is 16.5. The predicted octanol–water partition coefficient (Wildman–Crippen LogP) is -0.589. The number of hydrogen-bond acceptors (Lipinski definition) is 3. The van der Waals surface area contributed by atoms with Gasteiger partial charge in [-0.2, -0.15) is 0 Å². The average molecular weight is 158 g/mol. The van der Waals surface area contributed by atoms with Crippen LogP contribution in [-0.2, 0) is 9.53 Å². The lowest BCUT2D eigenvalue weighted by Gasteiger charge is -2.32. The van der Waals surface area contributed by atoms with Crippen LogP contribution >= 0.6 is 0 Å². The highest BCUT2D eigenvalue weighted by molar-refractivity contribution is 5.79. The summed E-state index contributed by atoms with van der Waals surface area (Å²) in [5.41, 5.74) is 0. The van der Waals surface area contributed by atoms with Gasteiger partial charge in [-0.25, -0.2) is 0 Å². The van der Waals surface area contributed by atoms with E-state index in [1.165, 1.54) is 0 Å². The summed E-state index contributed by atoms with van der Waals surface area (Å²) in [7, 11) is 1.60. The van der Waals surface area contributed by atoms with Crippen LogP contribution in [0.15, 0.2) is 0 Å². The molecule has 0 spiro atoms. The summed E-state index contributed by atoms with van der Waals surface area (Å²) in [5.74, 6) is 0.116. The van der Waals surface area contributed by atoms with Gasteiger partial charge in [0.15, 0.2) is 0 Å². The van der Waals surface area contributed by atoms with E-state index in [-0.39, 0.29) is 11.9 Å². The van der Waals surface area contributed by atoms with Crippen molar-refractivity contribution in [1.29, 1.82) is 0 Å². The number of piperazine rings is 1. The third-order valence-electron chi connectivity index (χ3n) is 1.84. The quantitative estimate of drug-likeness (QED) is 0.584. The van der Waals surface area contributed by atoms with E-state index in [1.54, 1.807) is 12.0 Å². The number of carbonyl (C=O) groups is 1. The van der Waals surface area contributed by atoms with Gasteiger partial charge >= 0.3 is 0 Å². The standard InChI is InChI=1S/C7H14N2O2/c1-6-3-8-4-7(10)9(6)5-11-2/h6,8H,3-5H2,1-2H3. The van der Waals surface area contributed by atoms with Crippen LogP contribution in [0.2, 0.25) is 0 Å². The molecule has 0 aromatic carbocycles. The topological polar surface area (TPSA) is 41.6 Å². The van der Waals surface area contributed by atoms with E-state index in [2.05, 4.69) is 5.32 Å². The Morgan fingerprint density at radius 1 is 1.82 bits per heavy atom. The molecule has 64 valence electrons. The summed E-state index contributed by atoms with van der Waals surface area (Å²) >= 11 is 0. The van der Waals surface area contributed by atoms with Crippen molar-refractivity contribution in [3.8, 4) is 0 Å². The van der Waals surface area contributed by atoms with Gasteiger partial charge in [0.05, 0.1) is 6.54 Å². The van der Waals surface area contributed by atoms with Gasteiger partial charge in [0.1, 0.15) is 6.73 Å². The average Bonchev–Trinajstić information content (AvgIpc) is 1.97. The molecule has 11 heavy (non-hydrogen) atoms. The Balaban J connectivity index is 2.48. The van der Waals surface area contributed by atoms with Crippen molar-refractivity contribution >= 4 is 5.91 Å². The molecule has 1 amide bonds. The summed E-state index contributed by atoms with van der Waals surface area (Å²) in [4.78, 5) is 12.9. The van der Waals surface area contributed by atoms with Gasteiger partial charge in [-0.1, -0.05) is 0 Å². The normalized spacial score (nSPS) is 25.8. The largest absolute Gasteiger partial charge is 0.364 e. The number of carbonyl (C=O) groups excluding carboxylic acids is 1. The Bertz CT molecular complexity index is 149. The zero-order valence-corrected chi connectivity index (χ0v) is 6.96. The minimum atomic E-state index is 0.116. The molecule has 0 aliphatic carbocycles. The second-order valence-corrected chi connectivity index (χ2v) is 2.76. The maximum Gasteiger partial charge on any atom is 0.238 e. The van der Waals surface area contributed by atoms with Gasteiger partial charge in [-0.05, 0) is 6.92 Å². The van der Waals surface area contributed by atoms with Crippen molar-refractivity contribution in [3.05, 3.63) is 0 Å². The lowest BCUT2D eigenvalue weighted by molar-refractivity contribution is -0.140. The van der Waals surface area contributed by atoms with Crippen LogP contribution in [0.1, 0.15) is 6.92 Å². The number of amides is 1. The maximum absolute atomic E-state index is 11.2. The lowest BCUT2D eigenvalue weighted by atomic mass is 10.2. The third kappa shape index (κ3) is 1.91. The monoisotopic (exact) mass is 158 g/mol. The molecular weight excluding hydrogens is 144 g/mol. The maximum atomic E-state index is 11.2. The summed E-state index contributed by atoms with van der Waals surface area (Å²) in [6.07, 6.45) is 0. The molecule has 0 bridgehead atoms. The highest BCUT2D eigenvalue weighted by Crippen LogP contribution is 2.02. The van der Waals surface area contributed by atoms with Gasteiger partial charge in [-0.3, -0.25) is 4.79 Å². The second-order valence-electron chi connectivity index (χ2n) is 2.76. The molecule has 1 aliphatic rings. The molecule has 1 unspecified atom stereocenters. The molecule has 4 heteroatoms. The fourth-order valence-electron chi connectivity index (χ4n) is 1.18. The Hall–Kier alpha value is -0.610. The fraction of sp³-hybridized carbons (Fsp3) is 0.857. The number of hydrogen-bond donors (Lipinski definition) is 1. The van der Waals surface area contributed by atoms with E-state index < -0.39 is 0 Å². The van der Waals surface area contributed by atoms with Crippen LogP contribution in [0.4, 0.5) is 0 Å². The van der Waals surface area contributed by atoms with E-state index in [1.807, 2.05) is 6.92 Å². The van der Waals surface area contributed by atoms with Crippen molar-refractivity contribution in [3.63, 3.8) is 0 Å². The minimum absolute atomic E-state index is 0.116. The molecule has 1 saturated heterocycles. The van der Waals surface area contributed by atoms with Crippen LogP contribution in [0.25, 0.3) is 0 Å². The van der Waals surface area contributed by atoms with Crippen LogP contribution in [0.3, 0.4) is 0 Å². The summed E-state index contributed by atoms with van der Waals surface area (Å²) < 4.78 is 4.90. The number of ether oxygens (including phenoxy) is 1. The fourth-order valence-corrected chi connectivity index (χ4v) is 1.18. The zero-order chi connectivity index (χ0) is 8.27. The van der Waals surface area contributed by atoms with Crippen molar-refractivity contribution in [1.82, 2.24) is 10.2 Å². The molecule has 1 N–H and O–H groups in total. The summed E-state index contributed by atoms with van der Waals surface area (Å²) in [5, 5.41) is 3.03. The van der Waals surface area contributed by atoms with E-state index in [0.29, 0.717) is 13.3 Å². The van der Waals surface area contributed by atoms with Crippen molar-refractivity contribution < 1.29 is 9.53 Å². The van der Waals surface area contributed by atoms with Gasteiger partial charge < -0.3 is 15.0 Å². The first-order valence-corrected chi connectivity index (χ1v) is 3.75. The molecule has 0 aromatic rings. The summed E-state index contributed by atoms with van der Waals surface area (Å²) in [6, 6.07) is 0.246. The number of rotatable bonds is 2. The van der Waals surface area contributed by atoms with Crippen molar-refractivity contribution in [2.75, 3.05) is 26.9 Å². The Morgan fingerprint density at radius 3 is 3.09 bits per heavy atom. The van der Waals surface area contributed by atoms with Crippen molar-refractivity contribution in [2.24, 2.45) is 0 Å². The summed E-state index contributed by atoms with van der Waals surface area (Å²) in [6.45, 7) is 3.70. The molecule has 1 heterocycles. The second kappa shape index (κ2) is 3.69. The molecule has 1 fully saturated rings. The van der Waals surface area contributed by atoms with Gasteiger partial charge in [0, 0.05) is 19.7 Å². The molecule has 1 rings (SSSR count). The number of nitrogens with one attached hydrogen (secondary N) is 1. The molecule has 0 aromatic heterocycles. The number of nitrogens with zero attached hydrogens (tertiary/aromatic N) is 1. The van der Waals surface area contributed by atoms with E-state index in [0.717, 1.165) is 6.54 Å². The van der Waals surface area contributed by atoms with Crippen LogP contribution in [0, 0.1) is 0 Å². The molecule has 0 saturated carbocycles. The highest BCUT2D eigenvalue weighted by Gasteiger charge is 2.23. The van der Waals surface area contributed by atoms with Crippen molar-refractivity contribution in [2.45, 2.75) is 13.0 Å². The molecule has 1 atom stereocenters. The first-order chi connectivity index (χ1) is 5.25. The van der Waals surface area contributed by atoms with E-state index in [9.17, 15) is 4.79 Å². The van der Waals surface area contributed by atoms with Crippen LogP contribution in [-0.4, -0.2) is 43.8 Å². The van der Waals surface area contributed by atoms with Crippen LogP contribution < -0.4 is 5.32 Å². The molecular formula is C7H14N2O2. The van der Waals surface area contributed by atoms with Gasteiger partial charge in [-0.15, -0.1) is 0 Å². The van der Waals surface area contributed by atoms with Gasteiger partial charge in [0.25, 0.3) is 0 Å². The first-order valence-electron chi connectivity index (χ1n) is 3.75. The Morgan fingerprint density at radius 2 is 2.55 bits per heavy atom. The minimum Gasteiger partial charge on any atom is -0.364 e. The zero-order valence-electron chi connectivity index (χ0n) is 6.96. The predicted molar refractivity (Wildman–Crippen MR) is 41.1 cm³/mol. The van der Waals surface area contributed by atoms with Crippen LogP contribution in [0.5, 0.6) is 0 Å². The first kappa shape index (κ1) is 8.49. The SMILES string of the molecule is COCN1C(=O)CNCC1C. The Labute approximate surface area is 66.5 Å². The van der Waals surface area contributed by atoms with E-state index in [4.69, 9.17) is 4.74 Å². The molecule has 0 radical (unpaired) electrons. The number of methoxy groups -OCH3 is 1.